The summed E-state index contributed by atoms with van der Waals surface area (Å²) in [4.78, 5) is 25.1. The van der Waals surface area contributed by atoms with Gasteiger partial charge in [0.25, 0.3) is 0 Å². The molecular formula is C68H123NO10. The van der Waals surface area contributed by atoms with Gasteiger partial charge in [-0.2, -0.15) is 0 Å². The van der Waals surface area contributed by atoms with Crippen molar-refractivity contribution in [2.45, 2.75) is 339 Å². The van der Waals surface area contributed by atoms with Gasteiger partial charge >= 0.3 is 5.97 Å². The molecule has 1 heterocycles. The van der Waals surface area contributed by atoms with E-state index in [1.807, 2.05) is 19.1 Å². The van der Waals surface area contributed by atoms with Crippen molar-refractivity contribution in [3.05, 3.63) is 60.8 Å². The second-order valence-electron chi connectivity index (χ2n) is 22.8. The van der Waals surface area contributed by atoms with Crippen molar-refractivity contribution in [3.63, 3.8) is 0 Å². The number of rotatable bonds is 57. The number of ether oxygens (including phenoxy) is 3. The molecule has 7 atom stereocenters. The van der Waals surface area contributed by atoms with Crippen LogP contribution < -0.4 is 5.32 Å². The number of carbonyl (C=O) groups is 2. The number of carbonyl (C=O) groups excluding carboxylic acids is 2. The van der Waals surface area contributed by atoms with Crippen LogP contribution in [0.25, 0.3) is 0 Å². The number of hydrogen-bond acceptors (Lipinski definition) is 10. The molecule has 1 saturated heterocycles. The summed E-state index contributed by atoms with van der Waals surface area (Å²) in [5.41, 5.74) is 0. The van der Waals surface area contributed by atoms with Gasteiger partial charge in [0.1, 0.15) is 24.4 Å². The van der Waals surface area contributed by atoms with E-state index in [0.29, 0.717) is 25.9 Å². The topological polar surface area (TPSA) is 175 Å². The van der Waals surface area contributed by atoms with Crippen molar-refractivity contribution in [3.8, 4) is 0 Å². The van der Waals surface area contributed by atoms with E-state index in [1.54, 1.807) is 6.08 Å². The number of amides is 1. The normalized spacial score (nSPS) is 18.8. The molecule has 1 amide bonds. The highest BCUT2D eigenvalue weighted by Gasteiger charge is 2.44. The van der Waals surface area contributed by atoms with Gasteiger partial charge in [0.05, 0.1) is 32.0 Å². The van der Waals surface area contributed by atoms with E-state index in [1.165, 1.54) is 173 Å². The molecule has 6 N–H and O–H groups in total. The van der Waals surface area contributed by atoms with Gasteiger partial charge in [-0.1, -0.05) is 260 Å². The van der Waals surface area contributed by atoms with Crippen molar-refractivity contribution in [2.24, 2.45) is 0 Å². The first-order valence-corrected chi connectivity index (χ1v) is 33.0. The van der Waals surface area contributed by atoms with E-state index in [2.05, 4.69) is 54.8 Å². The van der Waals surface area contributed by atoms with Crippen LogP contribution in [0.15, 0.2) is 60.8 Å². The molecule has 1 fully saturated rings. The molecule has 1 rings (SSSR count). The van der Waals surface area contributed by atoms with Gasteiger partial charge in [-0.3, -0.25) is 9.59 Å². The van der Waals surface area contributed by atoms with Crippen LogP contribution >= 0.6 is 0 Å². The van der Waals surface area contributed by atoms with E-state index in [9.17, 15) is 35.1 Å². The monoisotopic (exact) mass is 1110 g/mol. The third-order valence-corrected chi connectivity index (χ3v) is 15.4. The van der Waals surface area contributed by atoms with Crippen molar-refractivity contribution in [1.82, 2.24) is 5.32 Å². The summed E-state index contributed by atoms with van der Waals surface area (Å²) in [7, 11) is 0. The van der Waals surface area contributed by atoms with Gasteiger partial charge in [0, 0.05) is 12.8 Å². The molecule has 460 valence electrons. The van der Waals surface area contributed by atoms with Crippen LogP contribution in [0.3, 0.4) is 0 Å². The molecule has 0 bridgehead atoms. The van der Waals surface area contributed by atoms with Crippen molar-refractivity contribution in [2.75, 3.05) is 19.8 Å². The first kappa shape index (κ1) is 74.4. The highest BCUT2D eigenvalue weighted by atomic mass is 16.7. The fourth-order valence-corrected chi connectivity index (χ4v) is 10.2. The van der Waals surface area contributed by atoms with E-state index < -0.39 is 49.5 Å². The van der Waals surface area contributed by atoms with Crippen LogP contribution in [-0.2, 0) is 23.8 Å². The largest absolute Gasteiger partial charge is 0.466 e. The third-order valence-electron chi connectivity index (χ3n) is 15.4. The molecular weight excluding hydrogens is 991 g/mol. The fraction of sp³-hybridized carbons (Fsp3) is 0.824. The average Bonchev–Trinajstić information content (AvgIpc) is 3.46. The number of aliphatic hydroxyl groups is 5. The van der Waals surface area contributed by atoms with Crippen molar-refractivity contribution >= 4 is 11.9 Å². The number of hydrogen-bond donors (Lipinski definition) is 6. The van der Waals surface area contributed by atoms with Gasteiger partial charge in [-0.05, 0) is 84.0 Å². The lowest BCUT2D eigenvalue weighted by Crippen LogP contribution is -2.60. The Bertz CT molecular complexity index is 1500. The minimum absolute atomic E-state index is 0.00119. The molecule has 0 aromatic heterocycles. The Morgan fingerprint density at radius 2 is 0.911 bits per heavy atom. The first-order valence-electron chi connectivity index (χ1n) is 33.0. The maximum absolute atomic E-state index is 13.0. The molecule has 0 radical (unpaired) electrons. The molecule has 79 heavy (non-hydrogen) atoms. The zero-order chi connectivity index (χ0) is 57.3. The van der Waals surface area contributed by atoms with Gasteiger partial charge in [0.15, 0.2) is 6.29 Å². The molecule has 0 spiro atoms. The summed E-state index contributed by atoms with van der Waals surface area (Å²) in [6.45, 7) is 4.09. The molecule has 11 nitrogen and oxygen atoms in total. The smallest absolute Gasteiger partial charge is 0.305 e. The van der Waals surface area contributed by atoms with Crippen LogP contribution in [0.4, 0.5) is 0 Å². The number of allylic oxidation sites excluding steroid dienone is 9. The highest BCUT2D eigenvalue weighted by molar-refractivity contribution is 5.76. The second kappa shape index (κ2) is 57.2. The molecule has 1 aliphatic rings. The van der Waals surface area contributed by atoms with Crippen LogP contribution in [-0.4, -0.2) is 100 Å². The predicted molar refractivity (Wildman–Crippen MR) is 329 cm³/mol. The summed E-state index contributed by atoms with van der Waals surface area (Å²) >= 11 is 0. The molecule has 11 heteroatoms. The maximum atomic E-state index is 13.0. The molecule has 0 aliphatic carbocycles. The molecule has 0 aromatic rings. The summed E-state index contributed by atoms with van der Waals surface area (Å²) in [5, 5.41) is 54.2. The number of unbranched alkanes of at least 4 members (excludes halogenated alkanes) is 36. The van der Waals surface area contributed by atoms with Gasteiger partial charge in [0.2, 0.25) is 5.91 Å². The van der Waals surface area contributed by atoms with E-state index >= 15 is 0 Å². The lowest BCUT2D eigenvalue weighted by Gasteiger charge is -2.40. The van der Waals surface area contributed by atoms with Gasteiger partial charge < -0.3 is 45.1 Å². The second-order valence-corrected chi connectivity index (χ2v) is 22.8. The lowest BCUT2D eigenvalue weighted by atomic mass is 9.99. The summed E-state index contributed by atoms with van der Waals surface area (Å²) in [6.07, 6.45) is 65.2. The zero-order valence-corrected chi connectivity index (χ0v) is 50.8. The Hall–Kier alpha value is -2.64. The van der Waals surface area contributed by atoms with Crippen molar-refractivity contribution < 1.29 is 49.3 Å². The lowest BCUT2D eigenvalue weighted by molar-refractivity contribution is -0.302. The van der Waals surface area contributed by atoms with Crippen LogP contribution in [0.1, 0.15) is 296 Å². The molecule has 7 unspecified atom stereocenters. The van der Waals surface area contributed by atoms with Crippen LogP contribution in [0.5, 0.6) is 0 Å². The average molecular weight is 1110 g/mol. The third kappa shape index (κ3) is 46.5. The quantitative estimate of drug-likeness (QED) is 0.0195. The summed E-state index contributed by atoms with van der Waals surface area (Å²) < 4.78 is 16.7. The standard InChI is InChI=1S/C68H123NO10/c1-3-5-7-9-11-13-14-15-16-17-23-27-30-33-36-40-44-48-52-56-64(73)77-57-53-49-45-41-37-34-31-28-25-22-20-18-19-21-24-26-29-32-35-39-43-47-51-55-63(72)69-60(61(71)54-50-46-42-38-12-10-8-6-4-2)59-78-68-67(76)66(75)65(74)62(58-70)79-68/h4,6,12,18,20-21,24,38,50,54,60-62,65-68,70-71,74-76H,3,5,7-11,13-17,19,22-23,25-37,39-49,51-53,55-59H2,1-2H3,(H,69,72)/b6-4+,20-18-,24-21-,38-12+,54-50+. The minimum Gasteiger partial charge on any atom is -0.466 e. The van der Waals surface area contributed by atoms with Crippen LogP contribution in [0.2, 0.25) is 0 Å². The Kier molecular flexibility index (Phi) is 53.8. The van der Waals surface area contributed by atoms with Crippen LogP contribution in [0, 0.1) is 0 Å². The fourth-order valence-electron chi connectivity index (χ4n) is 10.2. The molecule has 0 saturated carbocycles. The highest BCUT2D eigenvalue weighted by Crippen LogP contribution is 2.23. The zero-order valence-electron chi connectivity index (χ0n) is 50.8. The Balaban J connectivity index is 1.97. The van der Waals surface area contributed by atoms with E-state index in [4.69, 9.17) is 14.2 Å². The first-order chi connectivity index (χ1) is 38.7. The number of nitrogens with one attached hydrogen (secondary N) is 1. The van der Waals surface area contributed by atoms with Crippen molar-refractivity contribution in [1.29, 1.82) is 0 Å². The predicted octanol–water partition coefficient (Wildman–Crippen LogP) is 16.2. The maximum Gasteiger partial charge on any atom is 0.305 e. The minimum atomic E-state index is -1.58. The van der Waals surface area contributed by atoms with E-state index in [-0.39, 0.29) is 18.5 Å². The van der Waals surface area contributed by atoms with Gasteiger partial charge in [-0.25, -0.2) is 0 Å². The Morgan fingerprint density at radius 1 is 0.494 bits per heavy atom. The molecule has 1 aliphatic heterocycles. The SMILES string of the molecule is C/C=C/CC/C=C/CC/C=C/C(O)C(COC1OC(CO)C(O)C(O)C1O)NC(=O)CCCCCCCCC/C=C\C/C=C\CCCCCCCCCCCOC(=O)CCCCCCCCCCCCCCCCCCCCC. The van der Waals surface area contributed by atoms with E-state index in [0.717, 1.165) is 89.9 Å². The Morgan fingerprint density at radius 3 is 1.39 bits per heavy atom. The number of esters is 1. The number of aliphatic hydroxyl groups excluding tert-OH is 5. The van der Waals surface area contributed by atoms with Gasteiger partial charge in [-0.15, -0.1) is 0 Å². The summed E-state index contributed by atoms with van der Waals surface area (Å²) in [5.74, 6) is -0.212. The molecule has 0 aromatic carbocycles. The Labute approximate surface area is 484 Å². The summed E-state index contributed by atoms with van der Waals surface area (Å²) in [6, 6.07) is -0.842.